The summed E-state index contributed by atoms with van der Waals surface area (Å²) in [6.45, 7) is 2.30. The molecule has 1 fully saturated rings. The molecular weight excluding hydrogens is 278 g/mol. The summed E-state index contributed by atoms with van der Waals surface area (Å²) in [5.41, 5.74) is 0.959. The molecule has 2 rings (SSSR count). The van der Waals surface area contributed by atoms with E-state index < -0.39 is 11.9 Å². The SMILES string of the molecule is CC(CN(Cc1ccc(Cl)cc1)C(=O)C1CC1)C(=O)O. The molecule has 0 radical (unpaired) electrons. The van der Waals surface area contributed by atoms with Crippen LogP contribution in [-0.2, 0) is 16.1 Å². The molecule has 5 heteroatoms. The van der Waals surface area contributed by atoms with Crippen molar-refractivity contribution in [3.63, 3.8) is 0 Å². The molecule has 1 saturated carbocycles. The highest BCUT2D eigenvalue weighted by molar-refractivity contribution is 6.30. The van der Waals surface area contributed by atoms with Crippen molar-refractivity contribution in [3.05, 3.63) is 34.9 Å². The molecule has 0 aromatic heterocycles. The van der Waals surface area contributed by atoms with Crippen molar-refractivity contribution in [3.8, 4) is 0 Å². The molecule has 1 amide bonds. The third-order valence-corrected chi connectivity index (χ3v) is 3.69. The third kappa shape index (κ3) is 3.97. The van der Waals surface area contributed by atoms with E-state index in [1.54, 1.807) is 24.0 Å². The first-order chi connectivity index (χ1) is 9.47. The molecule has 1 aliphatic carbocycles. The van der Waals surface area contributed by atoms with Crippen molar-refractivity contribution >= 4 is 23.5 Å². The Bertz CT molecular complexity index is 496. The van der Waals surface area contributed by atoms with Crippen LogP contribution < -0.4 is 0 Å². The number of carbonyl (C=O) groups excluding carboxylic acids is 1. The summed E-state index contributed by atoms with van der Waals surface area (Å²) in [7, 11) is 0. The van der Waals surface area contributed by atoms with Crippen LogP contribution in [0.25, 0.3) is 0 Å². The summed E-state index contributed by atoms with van der Waals surface area (Å²) in [5.74, 6) is -1.30. The van der Waals surface area contributed by atoms with E-state index in [2.05, 4.69) is 0 Å². The maximum atomic E-state index is 12.2. The van der Waals surface area contributed by atoms with Gasteiger partial charge in [0.15, 0.2) is 0 Å². The monoisotopic (exact) mass is 295 g/mol. The van der Waals surface area contributed by atoms with Crippen molar-refractivity contribution in [1.29, 1.82) is 0 Å². The molecule has 1 aromatic carbocycles. The predicted octanol–water partition coefficient (Wildman–Crippen LogP) is 2.80. The molecule has 1 aromatic rings. The fourth-order valence-electron chi connectivity index (χ4n) is 2.04. The van der Waals surface area contributed by atoms with Crippen LogP contribution in [0.3, 0.4) is 0 Å². The zero-order chi connectivity index (χ0) is 14.7. The lowest BCUT2D eigenvalue weighted by Gasteiger charge is -2.24. The number of hydrogen-bond donors (Lipinski definition) is 1. The lowest BCUT2D eigenvalue weighted by atomic mass is 10.1. The van der Waals surface area contributed by atoms with Crippen molar-refractivity contribution in [1.82, 2.24) is 4.90 Å². The largest absolute Gasteiger partial charge is 0.481 e. The average molecular weight is 296 g/mol. The minimum atomic E-state index is -0.880. The van der Waals surface area contributed by atoms with Gasteiger partial charge in [-0.05, 0) is 30.5 Å². The van der Waals surface area contributed by atoms with Crippen LogP contribution >= 0.6 is 11.6 Å². The van der Waals surface area contributed by atoms with Gasteiger partial charge in [0.25, 0.3) is 0 Å². The van der Waals surface area contributed by atoms with E-state index in [4.69, 9.17) is 16.7 Å². The quantitative estimate of drug-likeness (QED) is 0.878. The summed E-state index contributed by atoms with van der Waals surface area (Å²) in [5, 5.41) is 9.66. The highest BCUT2D eigenvalue weighted by atomic mass is 35.5. The number of hydrogen-bond acceptors (Lipinski definition) is 2. The van der Waals surface area contributed by atoms with Crippen LogP contribution in [0.4, 0.5) is 0 Å². The predicted molar refractivity (Wildman–Crippen MR) is 76.4 cm³/mol. The van der Waals surface area contributed by atoms with Crippen molar-refractivity contribution in [2.75, 3.05) is 6.54 Å². The summed E-state index contributed by atoms with van der Waals surface area (Å²) in [6.07, 6.45) is 1.83. The Morgan fingerprint density at radius 1 is 1.35 bits per heavy atom. The lowest BCUT2D eigenvalue weighted by Crippen LogP contribution is -2.37. The topological polar surface area (TPSA) is 57.6 Å². The van der Waals surface area contributed by atoms with Crippen molar-refractivity contribution < 1.29 is 14.7 Å². The van der Waals surface area contributed by atoms with Gasteiger partial charge in [0.2, 0.25) is 5.91 Å². The van der Waals surface area contributed by atoms with E-state index in [0.29, 0.717) is 11.6 Å². The average Bonchev–Trinajstić information content (AvgIpc) is 3.23. The zero-order valence-electron chi connectivity index (χ0n) is 11.4. The number of amides is 1. The number of carbonyl (C=O) groups is 2. The van der Waals surface area contributed by atoms with Crippen molar-refractivity contribution in [2.45, 2.75) is 26.3 Å². The van der Waals surface area contributed by atoms with Gasteiger partial charge in [-0.3, -0.25) is 9.59 Å². The van der Waals surface area contributed by atoms with E-state index in [0.717, 1.165) is 18.4 Å². The summed E-state index contributed by atoms with van der Waals surface area (Å²) >= 11 is 5.84. The molecular formula is C15H18ClNO3. The normalized spacial score (nSPS) is 15.7. The standard InChI is InChI=1S/C15H18ClNO3/c1-10(15(19)20)8-17(14(18)12-4-5-12)9-11-2-6-13(16)7-3-11/h2-3,6-7,10,12H,4-5,8-9H2,1H3,(H,19,20). The van der Waals surface area contributed by atoms with Crippen LogP contribution in [0, 0.1) is 11.8 Å². The molecule has 20 heavy (non-hydrogen) atoms. The second kappa shape index (κ2) is 6.27. The maximum absolute atomic E-state index is 12.2. The number of carboxylic acid groups (broad SMARTS) is 1. The lowest BCUT2D eigenvalue weighted by molar-refractivity contribution is -0.143. The summed E-state index contributed by atoms with van der Waals surface area (Å²) in [6, 6.07) is 7.27. The van der Waals surface area contributed by atoms with Gasteiger partial charge in [-0.15, -0.1) is 0 Å². The fraction of sp³-hybridized carbons (Fsp3) is 0.467. The minimum Gasteiger partial charge on any atom is -0.481 e. The van der Waals surface area contributed by atoms with Crippen LogP contribution in [0.2, 0.25) is 5.02 Å². The van der Waals surface area contributed by atoms with Crippen LogP contribution in [0.5, 0.6) is 0 Å². The molecule has 0 aliphatic heterocycles. The molecule has 1 atom stereocenters. The molecule has 0 spiro atoms. The number of aliphatic carboxylic acids is 1. The number of nitrogens with zero attached hydrogens (tertiary/aromatic N) is 1. The first kappa shape index (κ1) is 14.9. The highest BCUT2D eigenvalue weighted by Crippen LogP contribution is 2.31. The number of rotatable bonds is 6. The van der Waals surface area contributed by atoms with E-state index in [1.165, 1.54) is 0 Å². The third-order valence-electron chi connectivity index (χ3n) is 3.44. The Labute approximate surface area is 123 Å². The van der Waals surface area contributed by atoms with Gasteiger partial charge in [0.1, 0.15) is 0 Å². The molecule has 1 aliphatic rings. The molecule has 1 unspecified atom stereocenters. The molecule has 0 saturated heterocycles. The number of benzene rings is 1. The molecule has 1 N–H and O–H groups in total. The molecule has 4 nitrogen and oxygen atoms in total. The van der Waals surface area contributed by atoms with Crippen LogP contribution in [0.15, 0.2) is 24.3 Å². The Kier molecular flexibility index (Phi) is 4.65. The fourth-order valence-corrected chi connectivity index (χ4v) is 2.17. The number of halogens is 1. The van der Waals surface area contributed by atoms with Gasteiger partial charge in [0.05, 0.1) is 5.92 Å². The van der Waals surface area contributed by atoms with Gasteiger partial charge in [0, 0.05) is 24.0 Å². The van der Waals surface area contributed by atoms with Gasteiger partial charge in [-0.2, -0.15) is 0 Å². The van der Waals surface area contributed by atoms with Crippen LogP contribution in [0.1, 0.15) is 25.3 Å². The Balaban J connectivity index is 2.07. The van der Waals surface area contributed by atoms with E-state index in [1.807, 2.05) is 12.1 Å². The zero-order valence-corrected chi connectivity index (χ0v) is 12.1. The Morgan fingerprint density at radius 3 is 2.45 bits per heavy atom. The van der Waals surface area contributed by atoms with E-state index >= 15 is 0 Å². The molecule has 0 heterocycles. The second-order valence-corrected chi connectivity index (χ2v) is 5.80. The van der Waals surface area contributed by atoms with Crippen LogP contribution in [-0.4, -0.2) is 28.4 Å². The second-order valence-electron chi connectivity index (χ2n) is 5.36. The highest BCUT2D eigenvalue weighted by Gasteiger charge is 2.34. The Morgan fingerprint density at radius 2 is 1.95 bits per heavy atom. The maximum Gasteiger partial charge on any atom is 0.308 e. The van der Waals surface area contributed by atoms with E-state index in [-0.39, 0.29) is 18.4 Å². The van der Waals surface area contributed by atoms with Gasteiger partial charge in [-0.1, -0.05) is 30.7 Å². The van der Waals surface area contributed by atoms with Gasteiger partial charge < -0.3 is 10.0 Å². The minimum absolute atomic E-state index is 0.0630. The first-order valence-electron chi connectivity index (χ1n) is 6.73. The number of carboxylic acids is 1. The van der Waals surface area contributed by atoms with Gasteiger partial charge >= 0.3 is 5.97 Å². The molecule has 0 bridgehead atoms. The smallest absolute Gasteiger partial charge is 0.308 e. The van der Waals surface area contributed by atoms with E-state index in [9.17, 15) is 9.59 Å². The van der Waals surface area contributed by atoms with Crippen molar-refractivity contribution in [2.24, 2.45) is 11.8 Å². The first-order valence-corrected chi connectivity index (χ1v) is 7.11. The Hall–Kier alpha value is -1.55. The molecule has 108 valence electrons. The summed E-state index contributed by atoms with van der Waals surface area (Å²) in [4.78, 5) is 24.9. The van der Waals surface area contributed by atoms with Gasteiger partial charge in [-0.25, -0.2) is 0 Å². The summed E-state index contributed by atoms with van der Waals surface area (Å²) < 4.78 is 0.